The highest BCUT2D eigenvalue weighted by atomic mass is 32.1. The lowest BCUT2D eigenvalue weighted by atomic mass is 9.98. The molecule has 0 fully saturated rings. The normalized spacial score (nSPS) is 18.2. The molecule has 0 aromatic heterocycles. The molecule has 2 aromatic carbocycles. The molecule has 1 unspecified atom stereocenters. The summed E-state index contributed by atoms with van der Waals surface area (Å²) in [5, 5.41) is 6.58. The Hall–Kier alpha value is -2.80. The van der Waals surface area contributed by atoms with Gasteiger partial charge in [0.1, 0.15) is 5.75 Å². The molecule has 128 valence electrons. The van der Waals surface area contributed by atoms with E-state index in [2.05, 4.69) is 5.10 Å². The van der Waals surface area contributed by atoms with E-state index in [1.54, 1.807) is 12.1 Å². The van der Waals surface area contributed by atoms with E-state index in [1.165, 1.54) is 0 Å². The summed E-state index contributed by atoms with van der Waals surface area (Å²) in [6, 6.07) is 13.6. The van der Waals surface area contributed by atoms with Crippen LogP contribution in [-0.2, 0) is 0 Å². The molecule has 4 rings (SSSR count). The molecule has 0 bridgehead atoms. The van der Waals surface area contributed by atoms with Crippen molar-refractivity contribution in [1.82, 2.24) is 5.01 Å². The number of nitrogens with two attached hydrogens (primary N) is 1. The average molecular weight is 355 g/mol. The highest BCUT2D eigenvalue weighted by Crippen LogP contribution is 2.37. The van der Waals surface area contributed by atoms with Gasteiger partial charge in [0.05, 0.1) is 18.9 Å². The van der Waals surface area contributed by atoms with Gasteiger partial charge < -0.3 is 19.9 Å². The molecule has 0 saturated carbocycles. The van der Waals surface area contributed by atoms with E-state index in [-0.39, 0.29) is 17.9 Å². The lowest BCUT2D eigenvalue weighted by Crippen LogP contribution is -2.31. The topological polar surface area (TPSA) is 69.3 Å². The highest BCUT2D eigenvalue weighted by Gasteiger charge is 2.31. The molecular formula is C18H17N3O3S. The molecule has 1 atom stereocenters. The third kappa shape index (κ3) is 2.87. The Balaban J connectivity index is 1.64. The van der Waals surface area contributed by atoms with Gasteiger partial charge in [0.15, 0.2) is 16.6 Å². The van der Waals surface area contributed by atoms with Crippen molar-refractivity contribution in [3.8, 4) is 17.2 Å². The summed E-state index contributed by atoms with van der Waals surface area (Å²) in [5.41, 5.74) is 8.85. The second-order valence-corrected chi connectivity index (χ2v) is 6.21. The van der Waals surface area contributed by atoms with Gasteiger partial charge in [0.2, 0.25) is 6.79 Å². The number of thiocarbonyl (C=S) groups is 1. The largest absolute Gasteiger partial charge is 0.497 e. The Kier molecular flexibility index (Phi) is 3.93. The van der Waals surface area contributed by atoms with Crippen LogP contribution in [-0.4, -0.2) is 29.7 Å². The minimum atomic E-state index is -0.0381. The summed E-state index contributed by atoms with van der Waals surface area (Å²) in [7, 11) is 1.65. The van der Waals surface area contributed by atoms with Crippen molar-refractivity contribution in [1.29, 1.82) is 0 Å². The van der Waals surface area contributed by atoms with Crippen LogP contribution in [0.5, 0.6) is 17.2 Å². The van der Waals surface area contributed by atoms with Crippen LogP contribution in [0.2, 0.25) is 0 Å². The van der Waals surface area contributed by atoms with Gasteiger partial charge in [-0.25, -0.2) is 5.01 Å². The number of benzene rings is 2. The summed E-state index contributed by atoms with van der Waals surface area (Å²) in [6.45, 7) is 0.249. The summed E-state index contributed by atoms with van der Waals surface area (Å²) in [5.74, 6) is 2.29. The zero-order valence-corrected chi connectivity index (χ0v) is 14.5. The Bertz CT molecular complexity index is 851. The number of fused-ring (bicyclic) bond motifs is 1. The Morgan fingerprint density at radius 1 is 1.20 bits per heavy atom. The quantitative estimate of drug-likeness (QED) is 0.854. The zero-order valence-electron chi connectivity index (χ0n) is 13.6. The minimum Gasteiger partial charge on any atom is -0.497 e. The standard InChI is InChI=1S/C18H17N3O3S/c1-22-13-5-2-11(3-6-13)15-9-14(20-21(15)18(19)25)12-4-7-16-17(8-12)24-10-23-16/h2-8,15H,9-10H2,1H3,(H2,19,25). The number of hydrogen-bond donors (Lipinski definition) is 1. The van der Waals surface area contributed by atoms with E-state index in [1.807, 2.05) is 42.5 Å². The molecule has 0 saturated heterocycles. The van der Waals surface area contributed by atoms with Crippen molar-refractivity contribution in [2.75, 3.05) is 13.9 Å². The average Bonchev–Trinajstić information content (AvgIpc) is 3.28. The van der Waals surface area contributed by atoms with Gasteiger partial charge in [-0.15, -0.1) is 0 Å². The molecular weight excluding hydrogens is 338 g/mol. The molecule has 0 spiro atoms. The van der Waals surface area contributed by atoms with Gasteiger partial charge in [0, 0.05) is 12.0 Å². The summed E-state index contributed by atoms with van der Waals surface area (Å²) in [6.07, 6.45) is 0.698. The van der Waals surface area contributed by atoms with Crippen LogP contribution in [0.4, 0.5) is 0 Å². The van der Waals surface area contributed by atoms with E-state index in [0.717, 1.165) is 34.1 Å². The van der Waals surface area contributed by atoms with E-state index in [4.69, 9.17) is 32.2 Å². The molecule has 0 radical (unpaired) electrons. The smallest absolute Gasteiger partial charge is 0.231 e. The maximum absolute atomic E-state index is 5.89. The van der Waals surface area contributed by atoms with Crippen molar-refractivity contribution >= 4 is 23.0 Å². The van der Waals surface area contributed by atoms with Crippen LogP contribution in [0, 0.1) is 0 Å². The number of methoxy groups -OCH3 is 1. The molecule has 2 N–H and O–H groups in total. The van der Waals surface area contributed by atoms with Gasteiger partial charge in [-0.1, -0.05) is 12.1 Å². The Morgan fingerprint density at radius 2 is 1.96 bits per heavy atom. The number of hydrazone groups is 1. The van der Waals surface area contributed by atoms with Crippen LogP contribution < -0.4 is 19.9 Å². The third-order valence-electron chi connectivity index (χ3n) is 4.34. The van der Waals surface area contributed by atoms with Crippen molar-refractivity contribution in [3.63, 3.8) is 0 Å². The zero-order chi connectivity index (χ0) is 17.4. The number of nitrogens with zero attached hydrogens (tertiary/aromatic N) is 2. The summed E-state index contributed by atoms with van der Waals surface area (Å²) >= 11 is 5.19. The molecule has 2 aliphatic rings. The van der Waals surface area contributed by atoms with Crippen molar-refractivity contribution in [2.24, 2.45) is 10.8 Å². The molecule has 0 aliphatic carbocycles. The first-order valence-electron chi connectivity index (χ1n) is 7.86. The molecule has 2 aromatic rings. The van der Waals surface area contributed by atoms with E-state index in [0.29, 0.717) is 6.42 Å². The Morgan fingerprint density at radius 3 is 2.68 bits per heavy atom. The van der Waals surface area contributed by atoms with Crippen LogP contribution in [0.1, 0.15) is 23.6 Å². The lowest BCUT2D eigenvalue weighted by Gasteiger charge is -2.22. The van der Waals surface area contributed by atoms with Crippen molar-refractivity contribution < 1.29 is 14.2 Å². The first-order chi connectivity index (χ1) is 12.2. The first-order valence-corrected chi connectivity index (χ1v) is 8.26. The van der Waals surface area contributed by atoms with Crippen molar-refractivity contribution in [3.05, 3.63) is 53.6 Å². The summed E-state index contributed by atoms with van der Waals surface area (Å²) in [4.78, 5) is 0. The maximum Gasteiger partial charge on any atom is 0.231 e. The third-order valence-corrected chi connectivity index (χ3v) is 4.53. The predicted molar refractivity (Wildman–Crippen MR) is 98.1 cm³/mol. The second kappa shape index (κ2) is 6.25. The second-order valence-electron chi connectivity index (χ2n) is 5.79. The van der Waals surface area contributed by atoms with Crippen LogP contribution in [0.25, 0.3) is 0 Å². The highest BCUT2D eigenvalue weighted by molar-refractivity contribution is 7.80. The lowest BCUT2D eigenvalue weighted by molar-refractivity contribution is 0.174. The van der Waals surface area contributed by atoms with Gasteiger partial charge in [-0.05, 0) is 48.1 Å². The van der Waals surface area contributed by atoms with Crippen LogP contribution >= 0.6 is 12.2 Å². The molecule has 7 heteroatoms. The van der Waals surface area contributed by atoms with E-state index < -0.39 is 0 Å². The fourth-order valence-electron chi connectivity index (χ4n) is 3.05. The van der Waals surface area contributed by atoms with E-state index in [9.17, 15) is 0 Å². The molecule has 25 heavy (non-hydrogen) atoms. The SMILES string of the molecule is COc1ccc(C2CC(c3ccc4c(c3)OCO4)=NN2C(N)=S)cc1. The summed E-state index contributed by atoms with van der Waals surface area (Å²) < 4.78 is 16.0. The Labute approximate surface area is 150 Å². The number of ether oxygens (including phenoxy) is 3. The van der Waals surface area contributed by atoms with Gasteiger partial charge >= 0.3 is 0 Å². The predicted octanol–water partition coefficient (Wildman–Crippen LogP) is 2.82. The van der Waals surface area contributed by atoms with Gasteiger partial charge in [0.25, 0.3) is 0 Å². The van der Waals surface area contributed by atoms with E-state index >= 15 is 0 Å². The van der Waals surface area contributed by atoms with Crippen molar-refractivity contribution in [2.45, 2.75) is 12.5 Å². The first kappa shape index (κ1) is 15.7. The van der Waals surface area contributed by atoms with Crippen LogP contribution in [0.15, 0.2) is 47.6 Å². The fraction of sp³-hybridized carbons (Fsp3) is 0.222. The van der Waals surface area contributed by atoms with Crippen LogP contribution in [0.3, 0.4) is 0 Å². The fourth-order valence-corrected chi connectivity index (χ4v) is 3.22. The number of hydrogen-bond acceptors (Lipinski definition) is 5. The molecule has 6 nitrogen and oxygen atoms in total. The van der Waals surface area contributed by atoms with Gasteiger partial charge in [-0.3, -0.25) is 0 Å². The monoisotopic (exact) mass is 355 g/mol. The molecule has 2 heterocycles. The maximum atomic E-state index is 5.89. The molecule has 0 amide bonds. The minimum absolute atomic E-state index is 0.0381. The molecule has 2 aliphatic heterocycles. The number of rotatable bonds is 3. The van der Waals surface area contributed by atoms with Gasteiger partial charge in [-0.2, -0.15) is 5.10 Å².